The zero-order valence-corrected chi connectivity index (χ0v) is 19.4. The number of carbonyl (C=O) groups is 1. The molecule has 0 radical (unpaired) electrons. The van der Waals surface area contributed by atoms with E-state index >= 15 is 0 Å². The molecule has 1 N–H and O–H groups in total. The number of ether oxygens (including phenoxy) is 2. The average molecular weight is 493 g/mol. The van der Waals surface area contributed by atoms with Crippen LogP contribution in [-0.4, -0.2) is 37.3 Å². The van der Waals surface area contributed by atoms with Crippen LogP contribution in [0.1, 0.15) is 5.56 Å². The van der Waals surface area contributed by atoms with E-state index in [9.17, 15) is 4.79 Å². The minimum absolute atomic E-state index is 0.0155. The number of amides is 2. The molecule has 0 aliphatic carbocycles. The second-order valence-electron chi connectivity index (χ2n) is 6.33. The summed E-state index contributed by atoms with van der Waals surface area (Å²) in [6.07, 6.45) is 1.32. The van der Waals surface area contributed by atoms with Gasteiger partial charge in [-0.25, -0.2) is 14.8 Å². The molecule has 0 spiro atoms. The smallest absolute Gasteiger partial charge is 0.327 e. The van der Waals surface area contributed by atoms with Gasteiger partial charge in [0, 0.05) is 18.7 Å². The molecule has 32 heavy (non-hydrogen) atoms. The lowest BCUT2D eigenvalue weighted by Gasteiger charge is -2.21. The Hall–Kier alpha value is -3.25. The van der Waals surface area contributed by atoms with Crippen LogP contribution in [0, 0.1) is 11.3 Å². The number of urea groups is 1. The standard InChI is InChI=1S/C21H16Cl3N5O3/c1-29(14-8-13(26-10-27-14)12-6-4-5-11(7-12)9-25)21(30)28-18-15(22)19(31-2)17(24)20(32-3)16(18)23/h4-8,10H,1-3H3,(H,28,30). The van der Waals surface area contributed by atoms with Gasteiger partial charge in [0.25, 0.3) is 0 Å². The second-order valence-corrected chi connectivity index (χ2v) is 7.46. The Bertz CT molecular complexity index is 1200. The van der Waals surface area contributed by atoms with Crippen LogP contribution >= 0.6 is 34.8 Å². The van der Waals surface area contributed by atoms with Crippen molar-refractivity contribution in [3.8, 4) is 28.8 Å². The molecule has 0 aliphatic rings. The molecule has 0 bridgehead atoms. The van der Waals surface area contributed by atoms with E-state index in [0.717, 1.165) is 0 Å². The number of methoxy groups -OCH3 is 2. The van der Waals surface area contributed by atoms with Gasteiger partial charge >= 0.3 is 6.03 Å². The molecule has 0 saturated carbocycles. The highest BCUT2D eigenvalue weighted by Gasteiger charge is 2.25. The van der Waals surface area contributed by atoms with E-state index in [1.807, 2.05) is 0 Å². The molecule has 0 unspecified atom stereocenters. The summed E-state index contributed by atoms with van der Waals surface area (Å²) in [4.78, 5) is 22.6. The highest BCUT2D eigenvalue weighted by molar-refractivity contribution is 6.45. The van der Waals surface area contributed by atoms with Crippen molar-refractivity contribution in [1.29, 1.82) is 5.26 Å². The minimum Gasteiger partial charge on any atom is -0.493 e. The lowest BCUT2D eigenvalue weighted by atomic mass is 10.1. The SMILES string of the molecule is COc1c(Cl)c(NC(=O)N(C)c2cc(-c3cccc(C#N)c3)ncn2)c(Cl)c(OC)c1Cl. The van der Waals surface area contributed by atoms with Crippen LogP contribution in [-0.2, 0) is 0 Å². The van der Waals surface area contributed by atoms with E-state index in [4.69, 9.17) is 49.5 Å². The number of hydrogen-bond donors (Lipinski definition) is 1. The van der Waals surface area contributed by atoms with E-state index in [0.29, 0.717) is 22.6 Å². The molecule has 0 atom stereocenters. The molecule has 11 heteroatoms. The van der Waals surface area contributed by atoms with E-state index in [-0.39, 0.29) is 32.3 Å². The number of carbonyl (C=O) groups excluding carboxylic acids is 1. The lowest BCUT2D eigenvalue weighted by Crippen LogP contribution is -2.32. The summed E-state index contributed by atoms with van der Waals surface area (Å²) in [6.45, 7) is 0. The van der Waals surface area contributed by atoms with Gasteiger partial charge in [0.1, 0.15) is 27.2 Å². The fraction of sp³-hybridized carbons (Fsp3) is 0.143. The second kappa shape index (κ2) is 9.92. The summed E-state index contributed by atoms with van der Waals surface area (Å²) in [5.74, 6) is 0.512. The third-order valence-electron chi connectivity index (χ3n) is 4.46. The van der Waals surface area contributed by atoms with Crippen LogP contribution in [0.2, 0.25) is 15.1 Å². The fourth-order valence-electron chi connectivity index (χ4n) is 2.82. The highest BCUT2D eigenvalue weighted by atomic mass is 35.5. The third kappa shape index (κ3) is 4.50. The summed E-state index contributed by atoms with van der Waals surface area (Å²) < 4.78 is 10.4. The van der Waals surface area contributed by atoms with Gasteiger partial charge in [0.05, 0.1) is 37.2 Å². The van der Waals surface area contributed by atoms with E-state index in [1.165, 1.54) is 32.5 Å². The predicted octanol–water partition coefficient (Wildman–Crippen LogP) is 5.66. The fourth-order valence-corrected chi connectivity index (χ4v) is 3.93. The van der Waals surface area contributed by atoms with Gasteiger partial charge in [-0.2, -0.15) is 5.26 Å². The van der Waals surface area contributed by atoms with Gasteiger partial charge in [-0.05, 0) is 12.1 Å². The Morgan fingerprint density at radius 3 is 2.31 bits per heavy atom. The Morgan fingerprint density at radius 2 is 1.72 bits per heavy atom. The topological polar surface area (TPSA) is 100 Å². The van der Waals surface area contributed by atoms with Crippen molar-refractivity contribution < 1.29 is 14.3 Å². The molecule has 2 aromatic carbocycles. The number of nitrogens with zero attached hydrogens (tertiary/aromatic N) is 4. The zero-order chi connectivity index (χ0) is 23.4. The molecule has 0 saturated heterocycles. The van der Waals surface area contributed by atoms with E-state index in [1.54, 1.807) is 30.3 Å². The first-order valence-corrected chi connectivity index (χ1v) is 10.1. The molecular weight excluding hydrogens is 477 g/mol. The maximum Gasteiger partial charge on any atom is 0.327 e. The Labute approximate surface area is 199 Å². The van der Waals surface area contributed by atoms with E-state index < -0.39 is 6.03 Å². The summed E-state index contributed by atoms with van der Waals surface area (Å²) in [6, 6.07) is 10.0. The number of anilines is 2. The number of aromatic nitrogens is 2. The first-order valence-electron chi connectivity index (χ1n) is 8.98. The summed E-state index contributed by atoms with van der Waals surface area (Å²) in [5.41, 5.74) is 1.81. The normalized spacial score (nSPS) is 10.3. The summed E-state index contributed by atoms with van der Waals surface area (Å²) in [5, 5.41) is 11.9. The van der Waals surface area contributed by atoms with Crippen LogP contribution < -0.4 is 19.7 Å². The molecule has 2 amide bonds. The van der Waals surface area contributed by atoms with Crippen LogP contribution in [0.3, 0.4) is 0 Å². The minimum atomic E-state index is -0.587. The average Bonchev–Trinajstić information content (AvgIpc) is 2.82. The molecule has 0 aliphatic heterocycles. The molecular formula is C21H16Cl3N5O3. The number of hydrogen-bond acceptors (Lipinski definition) is 6. The van der Waals surface area contributed by atoms with Crippen molar-refractivity contribution in [2.45, 2.75) is 0 Å². The van der Waals surface area contributed by atoms with Gasteiger partial charge in [-0.1, -0.05) is 46.9 Å². The maximum absolute atomic E-state index is 12.9. The van der Waals surface area contributed by atoms with Crippen LogP contribution in [0.4, 0.5) is 16.3 Å². The van der Waals surface area contributed by atoms with Crippen LogP contribution in [0.15, 0.2) is 36.7 Å². The van der Waals surface area contributed by atoms with Gasteiger partial charge in [-0.15, -0.1) is 0 Å². The number of benzene rings is 2. The molecule has 1 aromatic heterocycles. The van der Waals surface area contributed by atoms with Crippen molar-refractivity contribution in [1.82, 2.24) is 9.97 Å². The van der Waals surface area contributed by atoms with Gasteiger partial charge in [-0.3, -0.25) is 4.90 Å². The number of nitriles is 1. The Balaban J connectivity index is 1.93. The lowest BCUT2D eigenvalue weighted by molar-refractivity contribution is 0.258. The molecule has 1 heterocycles. The summed E-state index contributed by atoms with van der Waals surface area (Å²) >= 11 is 18.9. The quantitative estimate of drug-likeness (QED) is 0.493. The predicted molar refractivity (Wildman–Crippen MR) is 124 cm³/mol. The largest absolute Gasteiger partial charge is 0.493 e. The maximum atomic E-state index is 12.9. The van der Waals surface area contributed by atoms with Gasteiger partial charge < -0.3 is 14.8 Å². The van der Waals surface area contributed by atoms with Crippen LogP contribution in [0.5, 0.6) is 11.5 Å². The van der Waals surface area contributed by atoms with Crippen molar-refractivity contribution in [3.05, 3.63) is 57.3 Å². The highest BCUT2D eigenvalue weighted by Crippen LogP contribution is 2.50. The number of halogens is 3. The van der Waals surface area contributed by atoms with Gasteiger partial charge in [0.15, 0.2) is 11.5 Å². The van der Waals surface area contributed by atoms with Crippen molar-refractivity contribution in [2.24, 2.45) is 0 Å². The number of rotatable bonds is 5. The Morgan fingerprint density at radius 1 is 1.06 bits per heavy atom. The van der Waals surface area contributed by atoms with E-state index in [2.05, 4.69) is 21.4 Å². The molecule has 0 fully saturated rings. The zero-order valence-electron chi connectivity index (χ0n) is 17.1. The number of nitrogens with one attached hydrogen (secondary N) is 1. The molecule has 3 aromatic rings. The third-order valence-corrected chi connectivity index (χ3v) is 5.53. The monoisotopic (exact) mass is 491 g/mol. The molecule has 8 nitrogen and oxygen atoms in total. The van der Waals surface area contributed by atoms with Crippen LogP contribution in [0.25, 0.3) is 11.3 Å². The van der Waals surface area contributed by atoms with Gasteiger partial charge in [0.2, 0.25) is 0 Å². The summed E-state index contributed by atoms with van der Waals surface area (Å²) in [7, 11) is 4.27. The van der Waals surface area contributed by atoms with Crippen molar-refractivity contribution in [2.75, 3.05) is 31.5 Å². The molecule has 3 rings (SSSR count). The molecule has 164 valence electrons. The van der Waals surface area contributed by atoms with Crippen molar-refractivity contribution >= 4 is 52.3 Å². The first kappa shape index (κ1) is 23.4. The first-order chi connectivity index (χ1) is 15.3. The van der Waals surface area contributed by atoms with Crippen molar-refractivity contribution in [3.63, 3.8) is 0 Å². The Kier molecular flexibility index (Phi) is 7.26.